The van der Waals surface area contributed by atoms with Crippen molar-refractivity contribution in [2.24, 2.45) is 0 Å². The Morgan fingerprint density at radius 1 is 1.50 bits per heavy atom. The summed E-state index contributed by atoms with van der Waals surface area (Å²) in [5.41, 5.74) is -0.122. The van der Waals surface area contributed by atoms with E-state index in [1.807, 2.05) is 0 Å². The number of rotatable bonds is 3. The summed E-state index contributed by atoms with van der Waals surface area (Å²) in [5, 5.41) is 10.2. The highest BCUT2D eigenvalue weighted by atomic mass is 16.6. The second-order valence-electron chi connectivity index (χ2n) is 1.94. The van der Waals surface area contributed by atoms with Gasteiger partial charge in [0.05, 0.1) is 11.0 Å². The molecule has 0 bridgehead atoms. The lowest BCUT2D eigenvalue weighted by Crippen LogP contribution is -1.91. The lowest BCUT2D eigenvalue weighted by atomic mass is 10.3. The van der Waals surface area contributed by atoms with E-state index in [-0.39, 0.29) is 11.4 Å². The van der Waals surface area contributed by atoms with Crippen LogP contribution in [0.1, 0.15) is 0 Å². The Balaban J connectivity index is 2.95. The van der Waals surface area contributed by atoms with Crippen LogP contribution in [-0.2, 0) is 4.79 Å². The van der Waals surface area contributed by atoms with Gasteiger partial charge in [-0.1, -0.05) is 6.07 Å². The van der Waals surface area contributed by atoms with Crippen LogP contribution in [0.5, 0.6) is 5.75 Å². The second-order valence-corrected chi connectivity index (χ2v) is 1.94. The number of nitro groups is 1. The molecule has 5 heteroatoms. The maximum Gasteiger partial charge on any atom is 0.423 e. The molecule has 0 saturated heterocycles. The number of hydrogen-bond donors (Lipinski definition) is 0. The van der Waals surface area contributed by atoms with Crippen molar-refractivity contribution in [3.63, 3.8) is 0 Å². The van der Waals surface area contributed by atoms with Crippen molar-refractivity contribution in [3.05, 3.63) is 34.4 Å². The van der Waals surface area contributed by atoms with Crippen molar-refractivity contribution in [1.29, 1.82) is 0 Å². The fourth-order valence-electron chi connectivity index (χ4n) is 0.709. The first-order valence-electron chi connectivity index (χ1n) is 3.02. The van der Waals surface area contributed by atoms with Crippen LogP contribution in [0.2, 0.25) is 0 Å². The van der Waals surface area contributed by atoms with Crippen LogP contribution in [0.4, 0.5) is 5.69 Å². The van der Waals surface area contributed by atoms with E-state index in [2.05, 4.69) is 4.74 Å². The molecule has 5 nitrogen and oxygen atoms in total. The molecule has 12 heavy (non-hydrogen) atoms. The van der Waals surface area contributed by atoms with Crippen LogP contribution in [0.15, 0.2) is 24.3 Å². The normalized spacial score (nSPS) is 9.00. The molecule has 0 aliphatic carbocycles. The summed E-state index contributed by atoms with van der Waals surface area (Å²) >= 11 is 0. The molecular weight excluding hydrogens is 162 g/mol. The van der Waals surface area contributed by atoms with Gasteiger partial charge in [0.2, 0.25) is 0 Å². The zero-order valence-corrected chi connectivity index (χ0v) is 5.89. The molecule has 0 amide bonds. The fourth-order valence-corrected chi connectivity index (χ4v) is 0.709. The predicted molar refractivity (Wildman–Crippen MR) is 39.4 cm³/mol. The third kappa shape index (κ3) is 1.79. The molecule has 0 heterocycles. The third-order valence-electron chi connectivity index (χ3n) is 1.19. The minimum absolute atomic E-state index is 0.110. The first kappa shape index (κ1) is 8.19. The Morgan fingerprint density at radius 2 is 2.25 bits per heavy atom. The van der Waals surface area contributed by atoms with Gasteiger partial charge in [-0.2, -0.15) is 0 Å². The number of nitro benzene ring substituents is 1. The molecule has 1 aromatic rings. The largest absolute Gasteiger partial charge is 0.423 e. The average molecular weight is 166 g/mol. The van der Waals surface area contributed by atoms with E-state index in [1.165, 1.54) is 24.7 Å². The van der Waals surface area contributed by atoms with Crippen LogP contribution in [0, 0.1) is 10.1 Å². The van der Waals surface area contributed by atoms with Gasteiger partial charge in [0.15, 0.2) is 0 Å². The molecule has 0 unspecified atom stereocenters. The van der Waals surface area contributed by atoms with Crippen molar-refractivity contribution >= 4 is 12.2 Å². The lowest BCUT2D eigenvalue weighted by molar-refractivity contribution is -0.384. The van der Waals surface area contributed by atoms with Crippen molar-refractivity contribution in [1.82, 2.24) is 0 Å². The summed E-state index contributed by atoms with van der Waals surface area (Å²) in [6, 6.07) is 5.30. The summed E-state index contributed by atoms with van der Waals surface area (Å²) < 4.78 is 4.29. The third-order valence-corrected chi connectivity index (χ3v) is 1.19. The summed E-state index contributed by atoms with van der Waals surface area (Å²) in [5.74, 6) is 0.110. The molecule has 1 radical (unpaired) electrons. The topological polar surface area (TPSA) is 69.4 Å². The molecule has 0 aliphatic rings. The summed E-state index contributed by atoms with van der Waals surface area (Å²) in [4.78, 5) is 19.4. The Bertz CT molecular complexity index is 310. The van der Waals surface area contributed by atoms with E-state index in [1.54, 1.807) is 0 Å². The van der Waals surface area contributed by atoms with Crippen molar-refractivity contribution < 1.29 is 14.5 Å². The zero-order valence-electron chi connectivity index (χ0n) is 5.89. The van der Waals surface area contributed by atoms with E-state index in [4.69, 9.17) is 0 Å². The molecule has 61 valence electrons. The van der Waals surface area contributed by atoms with E-state index < -0.39 is 4.92 Å². The van der Waals surface area contributed by atoms with Crippen LogP contribution < -0.4 is 4.74 Å². The van der Waals surface area contributed by atoms with E-state index in [0.29, 0.717) is 0 Å². The van der Waals surface area contributed by atoms with Gasteiger partial charge in [0.1, 0.15) is 5.75 Å². The highest BCUT2D eigenvalue weighted by Crippen LogP contribution is 2.18. The van der Waals surface area contributed by atoms with Gasteiger partial charge in [-0.05, 0) is 6.07 Å². The van der Waals surface area contributed by atoms with Gasteiger partial charge < -0.3 is 4.74 Å². The highest BCUT2D eigenvalue weighted by molar-refractivity contribution is 5.48. The fraction of sp³-hybridized carbons (Fsp3) is 0. The number of benzene rings is 1. The maximum absolute atomic E-state index is 10.2. The van der Waals surface area contributed by atoms with Gasteiger partial charge in [0, 0.05) is 6.07 Å². The van der Waals surface area contributed by atoms with Crippen molar-refractivity contribution in [2.75, 3.05) is 0 Å². The molecule has 0 fully saturated rings. The molecule has 0 aliphatic heterocycles. The van der Waals surface area contributed by atoms with Gasteiger partial charge in [-0.3, -0.25) is 10.1 Å². The molecule has 1 rings (SSSR count). The molecule has 0 saturated carbocycles. The number of nitrogens with zero attached hydrogens (tertiary/aromatic N) is 1. The van der Waals surface area contributed by atoms with Gasteiger partial charge >= 0.3 is 6.47 Å². The molecule has 0 aromatic heterocycles. The van der Waals surface area contributed by atoms with E-state index >= 15 is 0 Å². The second kappa shape index (κ2) is 3.47. The number of ether oxygens (including phenoxy) is 1. The van der Waals surface area contributed by atoms with Crippen LogP contribution in [0.25, 0.3) is 0 Å². The maximum atomic E-state index is 10.2. The number of non-ortho nitro benzene ring substituents is 1. The molecular formula is C7H4NO4. The minimum Gasteiger partial charge on any atom is -0.418 e. The van der Waals surface area contributed by atoms with Gasteiger partial charge in [0.25, 0.3) is 5.69 Å². The van der Waals surface area contributed by atoms with Crippen molar-refractivity contribution in [2.45, 2.75) is 0 Å². The average Bonchev–Trinajstić information content (AvgIpc) is 2.05. The summed E-state index contributed by atoms with van der Waals surface area (Å²) in [6.07, 6.45) is 0. The van der Waals surface area contributed by atoms with Crippen LogP contribution >= 0.6 is 0 Å². The number of carbonyl (C=O) groups excluding carboxylic acids is 1. The van der Waals surface area contributed by atoms with Crippen LogP contribution in [0.3, 0.4) is 0 Å². The van der Waals surface area contributed by atoms with E-state index in [9.17, 15) is 14.9 Å². The highest BCUT2D eigenvalue weighted by Gasteiger charge is 2.05. The molecule has 0 N–H and O–H groups in total. The van der Waals surface area contributed by atoms with Crippen LogP contribution in [-0.4, -0.2) is 11.4 Å². The van der Waals surface area contributed by atoms with Gasteiger partial charge in [-0.25, -0.2) is 4.79 Å². The lowest BCUT2D eigenvalue weighted by Gasteiger charge is -1.94. The number of hydrogen-bond acceptors (Lipinski definition) is 4. The standard InChI is InChI=1S/C7H4NO4/c9-5-12-7-3-1-2-6(4-7)8(10)11/h1-4H. The Kier molecular flexibility index (Phi) is 2.37. The molecule has 0 atom stereocenters. The Hall–Kier alpha value is -1.91. The summed E-state index contributed by atoms with van der Waals surface area (Å²) in [6.45, 7) is 1.18. The minimum atomic E-state index is -0.572. The Morgan fingerprint density at radius 3 is 2.83 bits per heavy atom. The molecule has 1 aromatic carbocycles. The monoisotopic (exact) mass is 166 g/mol. The van der Waals surface area contributed by atoms with Gasteiger partial charge in [-0.15, -0.1) is 0 Å². The summed E-state index contributed by atoms with van der Waals surface area (Å²) in [7, 11) is 0. The predicted octanol–water partition coefficient (Wildman–Crippen LogP) is 1.04. The molecule has 0 spiro atoms. The first-order valence-corrected chi connectivity index (χ1v) is 3.02. The van der Waals surface area contributed by atoms with Crippen molar-refractivity contribution in [3.8, 4) is 5.75 Å². The zero-order chi connectivity index (χ0) is 8.97. The first-order chi connectivity index (χ1) is 5.74. The SMILES string of the molecule is O=[C]Oc1cccc([N+](=O)[O-])c1. The smallest absolute Gasteiger partial charge is 0.418 e. The quantitative estimate of drug-likeness (QED) is 0.496. The van der Waals surface area contributed by atoms with E-state index in [0.717, 1.165) is 6.07 Å². The Labute approximate surface area is 67.7 Å².